The van der Waals surface area contributed by atoms with Crippen molar-refractivity contribution >= 4 is 5.97 Å². The molecule has 2 unspecified atom stereocenters. The molecule has 0 fully saturated rings. The minimum absolute atomic E-state index is 0.120. The predicted molar refractivity (Wildman–Crippen MR) is 75.7 cm³/mol. The summed E-state index contributed by atoms with van der Waals surface area (Å²) in [6.45, 7) is 10.6. The summed E-state index contributed by atoms with van der Waals surface area (Å²) in [6, 6.07) is 0.430. The SMILES string of the molecule is CCCC(NCCN(C)C(C)CC)C(=O)OCC. The Kier molecular flexibility index (Phi) is 9.98. The van der Waals surface area contributed by atoms with Gasteiger partial charge in [-0.3, -0.25) is 4.79 Å². The van der Waals surface area contributed by atoms with Gasteiger partial charge >= 0.3 is 5.97 Å². The molecule has 0 saturated heterocycles. The van der Waals surface area contributed by atoms with Crippen molar-refractivity contribution in [1.82, 2.24) is 10.2 Å². The second-order valence-electron chi connectivity index (χ2n) is 4.79. The van der Waals surface area contributed by atoms with Gasteiger partial charge in [0.15, 0.2) is 0 Å². The lowest BCUT2D eigenvalue weighted by Crippen LogP contribution is -2.43. The van der Waals surface area contributed by atoms with Crippen LogP contribution in [0.5, 0.6) is 0 Å². The number of carbonyl (C=O) groups excluding carboxylic acids is 1. The van der Waals surface area contributed by atoms with E-state index in [0.717, 1.165) is 32.4 Å². The van der Waals surface area contributed by atoms with Crippen molar-refractivity contribution in [1.29, 1.82) is 0 Å². The average Bonchev–Trinajstić information content (AvgIpc) is 2.36. The highest BCUT2D eigenvalue weighted by Crippen LogP contribution is 2.01. The van der Waals surface area contributed by atoms with Crippen molar-refractivity contribution in [2.75, 3.05) is 26.7 Å². The van der Waals surface area contributed by atoms with E-state index < -0.39 is 0 Å². The van der Waals surface area contributed by atoms with Crippen LogP contribution in [0.15, 0.2) is 0 Å². The lowest BCUT2D eigenvalue weighted by Gasteiger charge is -2.24. The summed E-state index contributed by atoms with van der Waals surface area (Å²) >= 11 is 0. The van der Waals surface area contributed by atoms with Crippen molar-refractivity contribution in [2.45, 2.75) is 59.0 Å². The van der Waals surface area contributed by atoms with Gasteiger partial charge in [0.2, 0.25) is 0 Å². The Hall–Kier alpha value is -0.610. The fraction of sp³-hybridized carbons (Fsp3) is 0.929. The first kappa shape index (κ1) is 17.4. The monoisotopic (exact) mass is 258 g/mol. The Morgan fingerprint density at radius 1 is 1.33 bits per heavy atom. The van der Waals surface area contributed by atoms with Gasteiger partial charge in [-0.25, -0.2) is 0 Å². The van der Waals surface area contributed by atoms with Crippen molar-refractivity contribution in [3.05, 3.63) is 0 Å². The molecule has 0 heterocycles. The van der Waals surface area contributed by atoms with Gasteiger partial charge < -0.3 is 15.0 Å². The molecule has 0 aliphatic heterocycles. The van der Waals surface area contributed by atoms with E-state index in [1.54, 1.807) is 0 Å². The average molecular weight is 258 g/mol. The van der Waals surface area contributed by atoms with Crippen LogP contribution >= 0.6 is 0 Å². The van der Waals surface area contributed by atoms with E-state index in [1.807, 2.05) is 6.92 Å². The van der Waals surface area contributed by atoms with Gasteiger partial charge in [-0.15, -0.1) is 0 Å². The molecule has 0 amide bonds. The molecule has 1 N–H and O–H groups in total. The van der Waals surface area contributed by atoms with Crippen LogP contribution in [0.4, 0.5) is 0 Å². The van der Waals surface area contributed by atoms with E-state index in [4.69, 9.17) is 4.74 Å². The molecule has 0 aliphatic carbocycles. The molecule has 0 rings (SSSR count). The summed E-state index contributed by atoms with van der Waals surface area (Å²) in [5.41, 5.74) is 0. The predicted octanol–water partition coefficient (Wildman–Crippen LogP) is 2.04. The molecular formula is C14H30N2O2. The molecule has 0 aromatic rings. The Labute approximate surface area is 112 Å². The van der Waals surface area contributed by atoms with E-state index in [0.29, 0.717) is 12.6 Å². The highest BCUT2D eigenvalue weighted by molar-refractivity contribution is 5.75. The standard InChI is InChI=1S/C14H30N2O2/c1-6-9-13(14(17)18-8-3)15-10-11-16(5)12(4)7-2/h12-13,15H,6-11H2,1-5H3. The summed E-state index contributed by atoms with van der Waals surface area (Å²) in [5, 5.41) is 3.30. The van der Waals surface area contributed by atoms with Crippen molar-refractivity contribution in [2.24, 2.45) is 0 Å². The van der Waals surface area contributed by atoms with Crippen LogP contribution in [0.1, 0.15) is 47.0 Å². The van der Waals surface area contributed by atoms with Crippen LogP contribution in [-0.2, 0) is 9.53 Å². The number of ether oxygens (including phenoxy) is 1. The number of esters is 1. The molecule has 108 valence electrons. The van der Waals surface area contributed by atoms with Crippen molar-refractivity contribution in [3.63, 3.8) is 0 Å². The third-order valence-electron chi connectivity index (χ3n) is 3.35. The molecule has 0 aromatic carbocycles. The quantitative estimate of drug-likeness (QED) is 0.609. The van der Waals surface area contributed by atoms with Gasteiger partial charge in [0.25, 0.3) is 0 Å². The van der Waals surface area contributed by atoms with E-state index >= 15 is 0 Å². The summed E-state index contributed by atoms with van der Waals surface area (Å²) < 4.78 is 5.07. The van der Waals surface area contributed by atoms with Gasteiger partial charge in [-0.05, 0) is 33.7 Å². The number of nitrogens with one attached hydrogen (secondary N) is 1. The zero-order valence-corrected chi connectivity index (χ0v) is 12.7. The van der Waals surface area contributed by atoms with E-state index in [9.17, 15) is 4.79 Å². The molecule has 4 nitrogen and oxygen atoms in total. The number of rotatable bonds is 10. The van der Waals surface area contributed by atoms with Gasteiger partial charge in [0, 0.05) is 19.1 Å². The lowest BCUT2D eigenvalue weighted by molar-refractivity contribution is -0.145. The molecular weight excluding hydrogens is 228 g/mol. The maximum atomic E-state index is 11.7. The molecule has 0 bridgehead atoms. The van der Waals surface area contributed by atoms with Crippen molar-refractivity contribution < 1.29 is 9.53 Å². The Morgan fingerprint density at radius 3 is 2.50 bits per heavy atom. The molecule has 0 saturated carbocycles. The second kappa shape index (κ2) is 10.3. The molecule has 0 spiro atoms. The highest BCUT2D eigenvalue weighted by atomic mass is 16.5. The molecule has 2 atom stereocenters. The van der Waals surface area contributed by atoms with Gasteiger partial charge in [-0.2, -0.15) is 0 Å². The Balaban J connectivity index is 4.00. The Bertz CT molecular complexity index is 222. The first-order valence-corrected chi connectivity index (χ1v) is 7.16. The number of carbonyl (C=O) groups is 1. The minimum atomic E-state index is -0.153. The second-order valence-corrected chi connectivity index (χ2v) is 4.79. The van der Waals surface area contributed by atoms with Crippen LogP contribution in [-0.4, -0.2) is 49.7 Å². The zero-order valence-electron chi connectivity index (χ0n) is 12.7. The third-order valence-corrected chi connectivity index (χ3v) is 3.35. The maximum Gasteiger partial charge on any atom is 0.323 e. The first-order valence-electron chi connectivity index (χ1n) is 7.16. The fourth-order valence-corrected chi connectivity index (χ4v) is 1.78. The summed E-state index contributed by atoms with van der Waals surface area (Å²) in [4.78, 5) is 14.0. The normalized spacial score (nSPS) is 14.6. The largest absolute Gasteiger partial charge is 0.465 e. The summed E-state index contributed by atoms with van der Waals surface area (Å²) in [5.74, 6) is -0.120. The number of hydrogen-bond acceptors (Lipinski definition) is 4. The number of nitrogens with zero attached hydrogens (tertiary/aromatic N) is 1. The van der Waals surface area contributed by atoms with Gasteiger partial charge in [0.1, 0.15) is 6.04 Å². The van der Waals surface area contributed by atoms with Crippen LogP contribution in [0, 0.1) is 0 Å². The molecule has 0 radical (unpaired) electrons. The van der Waals surface area contributed by atoms with Gasteiger partial charge in [0.05, 0.1) is 6.61 Å². The van der Waals surface area contributed by atoms with Gasteiger partial charge in [-0.1, -0.05) is 20.3 Å². The molecule has 18 heavy (non-hydrogen) atoms. The summed E-state index contributed by atoms with van der Waals surface area (Å²) in [7, 11) is 2.12. The summed E-state index contributed by atoms with van der Waals surface area (Å²) in [6.07, 6.45) is 2.97. The smallest absolute Gasteiger partial charge is 0.323 e. The van der Waals surface area contributed by atoms with Crippen LogP contribution < -0.4 is 5.32 Å². The van der Waals surface area contributed by atoms with Crippen LogP contribution in [0.25, 0.3) is 0 Å². The molecule has 0 aromatic heterocycles. The number of hydrogen-bond donors (Lipinski definition) is 1. The minimum Gasteiger partial charge on any atom is -0.465 e. The maximum absolute atomic E-state index is 11.7. The highest BCUT2D eigenvalue weighted by Gasteiger charge is 2.18. The first-order chi connectivity index (χ1) is 8.56. The van der Waals surface area contributed by atoms with E-state index in [-0.39, 0.29) is 12.0 Å². The third kappa shape index (κ3) is 6.97. The lowest BCUT2D eigenvalue weighted by atomic mass is 10.1. The fourth-order valence-electron chi connectivity index (χ4n) is 1.78. The van der Waals surface area contributed by atoms with Crippen LogP contribution in [0.3, 0.4) is 0 Å². The topological polar surface area (TPSA) is 41.6 Å². The molecule has 0 aliphatic rings. The van der Waals surface area contributed by atoms with Crippen LogP contribution in [0.2, 0.25) is 0 Å². The number of likely N-dealkylation sites (N-methyl/N-ethyl adjacent to an activating group) is 1. The van der Waals surface area contributed by atoms with E-state index in [2.05, 4.69) is 38.0 Å². The van der Waals surface area contributed by atoms with E-state index in [1.165, 1.54) is 0 Å². The van der Waals surface area contributed by atoms with Crippen molar-refractivity contribution in [3.8, 4) is 0 Å². The molecule has 4 heteroatoms. The Morgan fingerprint density at radius 2 is 2.00 bits per heavy atom. The zero-order chi connectivity index (χ0) is 14.0.